The molecule has 0 atom stereocenters. The van der Waals surface area contributed by atoms with Gasteiger partial charge in [-0.1, -0.05) is 14.3 Å². The summed E-state index contributed by atoms with van der Waals surface area (Å²) in [5, 5.41) is 17.5. The molecule has 0 unspecified atom stereocenters. The number of nitrogens with one attached hydrogen (secondary N) is 1. The second-order valence-corrected chi connectivity index (χ2v) is 1.91. The zero-order chi connectivity index (χ0) is 6.62. The second-order valence-electron chi connectivity index (χ2n) is 0.688. The fraction of sp³-hybridized carbons (Fsp3) is 0. The standard InChI is InChI=1S/H3NO6S/c2-1-8(4,5)7-6-3/h1-3H. The van der Waals surface area contributed by atoms with Gasteiger partial charge < -0.3 is 5.21 Å². The Kier molecular flexibility index (Phi) is 2.82. The predicted octanol–water partition coefficient (Wildman–Crippen LogP) is -1.37. The van der Waals surface area contributed by atoms with E-state index in [1.54, 1.807) is 0 Å². The summed E-state index contributed by atoms with van der Waals surface area (Å²) < 4.78 is 22.5. The molecule has 0 saturated heterocycles. The van der Waals surface area contributed by atoms with Gasteiger partial charge >= 0.3 is 10.3 Å². The van der Waals surface area contributed by atoms with Crippen LogP contribution in [0.2, 0.25) is 0 Å². The van der Waals surface area contributed by atoms with Crippen molar-refractivity contribution in [1.82, 2.24) is 4.89 Å². The van der Waals surface area contributed by atoms with Gasteiger partial charge in [0, 0.05) is 0 Å². The Morgan fingerprint density at radius 2 is 2.00 bits per heavy atom. The van der Waals surface area contributed by atoms with Gasteiger partial charge in [0.1, 0.15) is 0 Å². The lowest BCUT2D eigenvalue weighted by molar-refractivity contribution is -0.438. The van der Waals surface area contributed by atoms with Crippen LogP contribution in [-0.4, -0.2) is 18.9 Å². The monoisotopic (exact) mass is 145 g/mol. The highest BCUT2D eigenvalue weighted by atomic mass is 32.2. The van der Waals surface area contributed by atoms with Crippen LogP contribution in [0.25, 0.3) is 0 Å². The van der Waals surface area contributed by atoms with Crippen molar-refractivity contribution in [2.45, 2.75) is 0 Å². The van der Waals surface area contributed by atoms with Crippen molar-refractivity contribution in [3.05, 3.63) is 0 Å². The van der Waals surface area contributed by atoms with Crippen LogP contribution in [0.15, 0.2) is 0 Å². The third-order valence-electron chi connectivity index (χ3n) is 0.232. The molecule has 0 amide bonds. The zero-order valence-corrected chi connectivity index (χ0v) is 4.25. The van der Waals surface area contributed by atoms with E-state index in [1.807, 2.05) is 0 Å². The first kappa shape index (κ1) is 7.75. The van der Waals surface area contributed by atoms with Crippen molar-refractivity contribution >= 4 is 10.3 Å². The molecule has 0 fully saturated rings. The van der Waals surface area contributed by atoms with Crippen LogP contribution in [0.3, 0.4) is 0 Å². The molecule has 0 aliphatic carbocycles. The lowest BCUT2D eigenvalue weighted by atomic mass is 13.5. The van der Waals surface area contributed by atoms with Gasteiger partial charge in [-0.05, 0) is 0 Å². The number of rotatable bonds is 3. The molecule has 7 nitrogen and oxygen atoms in total. The Labute approximate surface area is 44.5 Å². The molecule has 8 heavy (non-hydrogen) atoms. The first-order valence-corrected chi connectivity index (χ1v) is 2.69. The predicted molar refractivity (Wildman–Crippen MR) is 18.6 cm³/mol. The SMILES string of the molecule is O=S(=O)(NO)OOO. The van der Waals surface area contributed by atoms with E-state index >= 15 is 0 Å². The molecule has 0 heterocycles. The molecule has 0 saturated carbocycles. The average molecular weight is 145 g/mol. The topological polar surface area (TPSA) is 105 Å². The third kappa shape index (κ3) is 2.85. The highest BCUT2D eigenvalue weighted by molar-refractivity contribution is 7.84. The maximum atomic E-state index is 9.73. The molecule has 8 heteroatoms. The van der Waals surface area contributed by atoms with Crippen molar-refractivity contribution in [1.29, 1.82) is 0 Å². The van der Waals surface area contributed by atoms with E-state index in [9.17, 15) is 8.42 Å². The normalized spacial score (nSPS) is 11.8. The van der Waals surface area contributed by atoms with Gasteiger partial charge in [-0.25, -0.2) is 5.26 Å². The van der Waals surface area contributed by atoms with Crippen molar-refractivity contribution in [3.8, 4) is 0 Å². The molecule has 0 aliphatic heterocycles. The first-order valence-electron chi connectivity index (χ1n) is 1.28. The maximum absolute atomic E-state index is 9.73. The van der Waals surface area contributed by atoms with Crippen LogP contribution in [0.5, 0.6) is 0 Å². The van der Waals surface area contributed by atoms with Gasteiger partial charge in [0.25, 0.3) is 0 Å². The number of hydrogen-bond donors (Lipinski definition) is 3. The summed E-state index contributed by atoms with van der Waals surface area (Å²) in [6.45, 7) is 0. The Morgan fingerprint density at radius 1 is 1.50 bits per heavy atom. The minimum atomic E-state index is -4.34. The van der Waals surface area contributed by atoms with Gasteiger partial charge in [-0.15, -0.1) is 0 Å². The molecule has 0 bridgehead atoms. The summed E-state index contributed by atoms with van der Waals surface area (Å²) >= 11 is 0. The van der Waals surface area contributed by atoms with Crippen molar-refractivity contribution in [2.75, 3.05) is 0 Å². The summed E-state index contributed by atoms with van der Waals surface area (Å²) in [6.07, 6.45) is 0. The van der Waals surface area contributed by atoms with Crippen molar-refractivity contribution in [2.24, 2.45) is 0 Å². The van der Waals surface area contributed by atoms with Crippen molar-refractivity contribution in [3.63, 3.8) is 0 Å². The minimum absolute atomic E-state index is 0.707. The van der Waals surface area contributed by atoms with Gasteiger partial charge in [0.05, 0.1) is 0 Å². The van der Waals surface area contributed by atoms with E-state index in [4.69, 9.17) is 10.5 Å². The molecule has 0 aromatic heterocycles. The van der Waals surface area contributed by atoms with E-state index < -0.39 is 10.3 Å². The van der Waals surface area contributed by atoms with E-state index in [-0.39, 0.29) is 0 Å². The van der Waals surface area contributed by atoms with Crippen LogP contribution >= 0.6 is 0 Å². The van der Waals surface area contributed by atoms with Gasteiger partial charge in [-0.2, -0.15) is 8.42 Å². The fourth-order valence-corrected chi connectivity index (χ4v) is 0.166. The molecular weight excluding hydrogens is 142 g/mol. The largest absolute Gasteiger partial charge is 0.386 e. The Bertz CT molecular complexity index is 133. The number of hydrogen-bond acceptors (Lipinski definition) is 6. The van der Waals surface area contributed by atoms with Crippen molar-refractivity contribution < 1.29 is 28.3 Å². The Balaban J connectivity index is 3.76. The van der Waals surface area contributed by atoms with Crippen LogP contribution < -0.4 is 4.89 Å². The van der Waals surface area contributed by atoms with Gasteiger partial charge in [-0.3, -0.25) is 0 Å². The van der Waals surface area contributed by atoms with E-state index in [0.717, 1.165) is 0 Å². The van der Waals surface area contributed by atoms with E-state index in [0.29, 0.717) is 4.89 Å². The summed E-state index contributed by atoms with van der Waals surface area (Å²) in [5.41, 5.74) is 0. The lowest BCUT2D eigenvalue weighted by Crippen LogP contribution is -2.21. The molecule has 0 aliphatic rings. The molecule has 50 valence electrons. The summed E-state index contributed by atoms with van der Waals surface area (Å²) in [5.74, 6) is 0. The maximum Gasteiger partial charge on any atom is 0.386 e. The third-order valence-corrected chi connectivity index (χ3v) is 0.695. The van der Waals surface area contributed by atoms with Crippen LogP contribution in [0, 0.1) is 0 Å². The smallest absolute Gasteiger partial charge is 0.300 e. The molecule has 0 spiro atoms. The van der Waals surface area contributed by atoms with Gasteiger partial charge in [0.2, 0.25) is 0 Å². The molecule has 0 aromatic carbocycles. The molecule has 3 N–H and O–H groups in total. The highest BCUT2D eigenvalue weighted by Gasteiger charge is 2.07. The average Bonchev–Trinajstić information content (AvgIpc) is 1.67. The summed E-state index contributed by atoms with van der Waals surface area (Å²) in [6, 6.07) is 0. The van der Waals surface area contributed by atoms with Crippen LogP contribution in [0.4, 0.5) is 0 Å². The molecule has 0 aromatic rings. The fourth-order valence-electron chi connectivity index (χ4n) is 0.0553. The molecule has 0 radical (unpaired) electrons. The summed E-state index contributed by atoms with van der Waals surface area (Å²) in [4.78, 5) is 0.707. The summed E-state index contributed by atoms with van der Waals surface area (Å²) in [7, 11) is -4.34. The Hall–Kier alpha value is -0.250. The van der Waals surface area contributed by atoms with E-state index in [2.05, 4.69) is 9.37 Å². The van der Waals surface area contributed by atoms with Gasteiger partial charge in [0.15, 0.2) is 0 Å². The lowest BCUT2D eigenvalue weighted by Gasteiger charge is -1.92. The second kappa shape index (κ2) is 2.91. The highest BCUT2D eigenvalue weighted by Crippen LogP contribution is 1.81. The Morgan fingerprint density at radius 3 is 2.12 bits per heavy atom. The first-order chi connectivity index (χ1) is 3.62. The molecular formula is H3NO6S. The molecule has 0 rings (SSSR count). The van der Waals surface area contributed by atoms with Crippen LogP contribution in [0.1, 0.15) is 0 Å². The quantitative estimate of drug-likeness (QED) is 0.334. The zero-order valence-electron chi connectivity index (χ0n) is 3.44. The van der Waals surface area contributed by atoms with Crippen LogP contribution in [-0.2, 0) is 19.7 Å². The van der Waals surface area contributed by atoms with E-state index in [1.165, 1.54) is 0 Å². The minimum Gasteiger partial charge on any atom is -0.300 e.